The third-order valence-corrected chi connectivity index (χ3v) is 3.44. The van der Waals surface area contributed by atoms with Gasteiger partial charge in [-0.1, -0.05) is 0 Å². The molecule has 1 aliphatic rings. The molecule has 0 radical (unpaired) electrons. The third-order valence-electron chi connectivity index (χ3n) is 1.94. The largest absolute Gasteiger partial charge is 0.486 e. The molecule has 0 amide bonds. The molecule has 82 valence electrons. The molecule has 0 saturated heterocycles. The molecule has 1 fully saturated rings. The normalized spacial score (nSPS) is 16.4. The summed E-state index contributed by atoms with van der Waals surface area (Å²) in [5, 5.41) is 5.07. The molecule has 2 N–H and O–H groups in total. The number of rotatable bonds is 3. The van der Waals surface area contributed by atoms with Crippen molar-refractivity contribution in [1.82, 2.24) is 4.98 Å². The Hall–Kier alpha value is -0.660. The summed E-state index contributed by atoms with van der Waals surface area (Å²) in [6.07, 6.45) is 3.33. The highest BCUT2D eigenvalue weighted by atomic mass is 79.9. The predicted molar refractivity (Wildman–Crippen MR) is 57.0 cm³/mol. The number of pyridine rings is 1. The van der Waals surface area contributed by atoms with Crippen LogP contribution in [-0.2, 0) is 10.0 Å². The van der Waals surface area contributed by atoms with Crippen LogP contribution in [0.25, 0.3) is 0 Å². The second-order valence-corrected chi connectivity index (χ2v) is 5.57. The minimum Gasteiger partial charge on any atom is -0.486 e. The van der Waals surface area contributed by atoms with Crippen LogP contribution in [0.5, 0.6) is 5.75 Å². The van der Waals surface area contributed by atoms with Crippen molar-refractivity contribution in [2.45, 2.75) is 23.8 Å². The molecule has 1 aromatic heterocycles. The van der Waals surface area contributed by atoms with Gasteiger partial charge in [-0.3, -0.25) is 0 Å². The van der Waals surface area contributed by atoms with Crippen molar-refractivity contribution in [2.75, 3.05) is 0 Å². The zero-order valence-electron chi connectivity index (χ0n) is 7.68. The van der Waals surface area contributed by atoms with E-state index in [4.69, 9.17) is 9.88 Å². The number of halogens is 1. The average Bonchev–Trinajstić information content (AvgIpc) is 2.90. The van der Waals surface area contributed by atoms with Crippen LogP contribution >= 0.6 is 15.9 Å². The summed E-state index contributed by atoms with van der Waals surface area (Å²) in [5.41, 5.74) is 0. The first-order valence-electron chi connectivity index (χ1n) is 4.32. The lowest BCUT2D eigenvalue weighted by Crippen LogP contribution is -2.15. The van der Waals surface area contributed by atoms with Crippen LogP contribution in [0.15, 0.2) is 21.8 Å². The Labute approximate surface area is 95.8 Å². The van der Waals surface area contributed by atoms with Crippen LogP contribution in [0.1, 0.15) is 12.8 Å². The molecule has 7 heteroatoms. The van der Waals surface area contributed by atoms with Crippen LogP contribution in [0, 0.1) is 0 Å². The smallest absolute Gasteiger partial charge is 0.241 e. The van der Waals surface area contributed by atoms with Crippen molar-refractivity contribution in [3.05, 3.63) is 16.9 Å². The van der Waals surface area contributed by atoms with Gasteiger partial charge < -0.3 is 4.74 Å². The van der Waals surface area contributed by atoms with E-state index in [1.807, 2.05) is 0 Å². The number of sulfonamides is 1. The van der Waals surface area contributed by atoms with Gasteiger partial charge in [0.2, 0.25) is 10.0 Å². The van der Waals surface area contributed by atoms with Crippen molar-refractivity contribution < 1.29 is 13.2 Å². The molecule has 1 heterocycles. The lowest BCUT2D eigenvalue weighted by molar-refractivity contribution is 0.291. The molecular weight excluding hydrogens is 284 g/mol. The first-order chi connectivity index (χ1) is 6.98. The quantitative estimate of drug-likeness (QED) is 0.844. The average molecular weight is 293 g/mol. The highest BCUT2D eigenvalue weighted by Crippen LogP contribution is 2.35. The van der Waals surface area contributed by atoms with Gasteiger partial charge in [-0.15, -0.1) is 0 Å². The van der Waals surface area contributed by atoms with E-state index < -0.39 is 10.0 Å². The number of primary sulfonamides is 1. The maximum Gasteiger partial charge on any atom is 0.241 e. The molecule has 0 aliphatic heterocycles. The summed E-state index contributed by atoms with van der Waals surface area (Å²) in [5.74, 6) is 0.211. The van der Waals surface area contributed by atoms with Crippen LogP contribution in [0.2, 0.25) is 0 Å². The molecular formula is C8H9BrN2O3S. The van der Waals surface area contributed by atoms with E-state index >= 15 is 0 Å². The first kappa shape index (κ1) is 10.8. The van der Waals surface area contributed by atoms with Gasteiger partial charge in [0.1, 0.15) is 9.50 Å². The summed E-state index contributed by atoms with van der Waals surface area (Å²) in [6.45, 7) is 0. The lowest BCUT2D eigenvalue weighted by Gasteiger charge is -2.09. The van der Waals surface area contributed by atoms with Crippen LogP contribution < -0.4 is 9.88 Å². The zero-order valence-corrected chi connectivity index (χ0v) is 10.1. The van der Waals surface area contributed by atoms with E-state index in [1.165, 1.54) is 12.3 Å². The number of hydrogen-bond acceptors (Lipinski definition) is 4. The summed E-state index contributed by atoms with van der Waals surface area (Å²) in [6, 6.07) is 1.33. The maximum absolute atomic E-state index is 11.3. The summed E-state index contributed by atoms with van der Waals surface area (Å²) in [7, 11) is -3.77. The van der Waals surface area contributed by atoms with E-state index in [0.717, 1.165) is 12.8 Å². The summed E-state index contributed by atoms with van der Waals surface area (Å²) in [4.78, 5) is 3.87. The van der Waals surface area contributed by atoms with Gasteiger partial charge in [-0.05, 0) is 34.8 Å². The fourth-order valence-electron chi connectivity index (χ4n) is 1.09. The number of nitrogens with two attached hydrogens (primary N) is 1. The minimum atomic E-state index is -3.77. The Morgan fingerprint density at radius 3 is 2.73 bits per heavy atom. The third kappa shape index (κ3) is 2.47. The highest BCUT2D eigenvalue weighted by Gasteiger charge is 2.28. The van der Waals surface area contributed by atoms with Crippen LogP contribution in [0.3, 0.4) is 0 Å². The Bertz CT molecular complexity index is 485. The van der Waals surface area contributed by atoms with Crippen LogP contribution in [0.4, 0.5) is 0 Å². The van der Waals surface area contributed by atoms with Gasteiger partial charge >= 0.3 is 0 Å². The summed E-state index contributed by atoms with van der Waals surface area (Å²) >= 11 is 3.14. The first-order valence-corrected chi connectivity index (χ1v) is 6.66. The van der Waals surface area contributed by atoms with Gasteiger partial charge in [0, 0.05) is 6.20 Å². The topological polar surface area (TPSA) is 82.3 Å². The van der Waals surface area contributed by atoms with E-state index in [-0.39, 0.29) is 16.7 Å². The molecule has 15 heavy (non-hydrogen) atoms. The fourth-order valence-corrected chi connectivity index (χ4v) is 2.30. The van der Waals surface area contributed by atoms with Crippen molar-refractivity contribution >= 4 is 26.0 Å². The number of aromatic nitrogens is 1. The van der Waals surface area contributed by atoms with Crippen molar-refractivity contribution in [1.29, 1.82) is 0 Å². The highest BCUT2D eigenvalue weighted by molar-refractivity contribution is 9.10. The Balaban J connectivity index is 2.47. The Kier molecular flexibility index (Phi) is 2.70. The van der Waals surface area contributed by atoms with Gasteiger partial charge in [0.05, 0.1) is 6.10 Å². The molecule has 2 rings (SSSR count). The van der Waals surface area contributed by atoms with Gasteiger partial charge in [-0.25, -0.2) is 18.5 Å². The molecule has 0 unspecified atom stereocenters. The van der Waals surface area contributed by atoms with E-state index in [1.54, 1.807) is 0 Å². The monoisotopic (exact) mass is 292 g/mol. The number of nitrogens with zero attached hydrogens (tertiary/aromatic N) is 1. The molecule has 1 aromatic rings. The minimum absolute atomic E-state index is 0.0312. The second kappa shape index (κ2) is 3.73. The summed E-state index contributed by atoms with van der Waals surface area (Å²) < 4.78 is 28.3. The van der Waals surface area contributed by atoms with Gasteiger partial charge in [0.25, 0.3) is 0 Å². The van der Waals surface area contributed by atoms with Crippen molar-refractivity contribution in [2.24, 2.45) is 5.14 Å². The molecule has 5 nitrogen and oxygen atoms in total. The Morgan fingerprint density at radius 2 is 2.20 bits per heavy atom. The molecule has 1 aliphatic carbocycles. The van der Waals surface area contributed by atoms with E-state index in [2.05, 4.69) is 20.9 Å². The molecule has 0 bridgehead atoms. The van der Waals surface area contributed by atoms with Crippen molar-refractivity contribution in [3.8, 4) is 5.75 Å². The second-order valence-electron chi connectivity index (χ2n) is 3.29. The molecule has 1 saturated carbocycles. The SMILES string of the molecule is NS(=O)(=O)c1ccnc(Br)c1OC1CC1. The van der Waals surface area contributed by atoms with Gasteiger partial charge in [-0.2, -0.15) is 0 Å². The lowest BCUT2D eigenvalue weighted by atomic mass is 10.4. The molecule has 0 aromatic carbocycles. The fraction of sp³-hybridized carbons (Fsp3) is 0.375. The van der Waals surface area contributed by atoms with Crippen molar-refractivity contribution in [3.63, 3.8) is 0 Å². The number of hydrogen-bond donors (Lipinski definition) is 1. The van der Waals surface area contributed by atoms with Crippen LogP contribution in [-0.4, -0.2) is 19.5 Å². The molecule has 0 spiro atoms. The van der Waals surface area contributed by atoms with E-state index in [9.17, 15) is 8.42 Å². The molecule has 0 atom stereocenters. The standard InChI is InChI=1S/C8H9BrN2O3S/c9-8-7(14-5-1-2-5)6(3-4-11-8)15(10,12)13/h3-5H,1-2H2,(H2,10,12,13). The van der Waals surface area contributed by atoms with E-state index in [0.29, 0.717) is 4.60 Å². The predicted octanol–water partition coefficient (Wildman–Crippen LogP) is 1.03. The maximum atomic E-state index is 11.3. The number of ether oxygens (including phenoxy) is 1. The van der Waals surface area contributed by atoms with Gasteiger partial charge in [0.15, 0.2) is 5.75 Å². The Morgan fingerprint density at radius 1 is 1.53 bits per heavy atom. The zero-order chi connectivity index (χ0) is 11.1.